The van der Waals surface area contributed by atoms with Crippen LogP contribution < -0.4 is 20.6 Å². The van der Waals surface area contributed by atoms with E-state index in [1.807, 2.05) is 0 Å². The van der Waals surface area contributed by atoms with E-state index >= 15 is 0 Å². The summed E-state index contributed by atoms with van der Waals surface area (Å²) in [5.41, 5.74) is 8.37. The van der Waals surface area contributed by atoms with E-state index in [1.165, 1.54) is 30.7 Å². The second-order valence-electron chi connectivity index (χ2n) is 3.90. The highest BCUT2D eigenvalue weighted by molar-refractivity contribution is 7.14. The molecule has 2 rings (SSSR count). The number of ether oxygens (including phenoxy) is 2. The van der Waals surface area contributed by atoms with E-state index in [4.69, 9.17) is 10.5 Å². The zero-order valence-electron chi connectivity index (χ0n) is 11.2. The average molecular weight is 332 g/mol. The molecular weight excluding hydrogens is 321 g/mol. The van der Waals surface area contributed by atoms with Gasteiger partial charge in [-0.2, -0.15) is 5.10 Å². The molecule has 10 heteroatoms. The number of rotatable bonds is 5. The van der Waals surface area contributed by atoms with Crippen molar-refractivity contribution in [1.29, 1.82) is 0 Å². The van der Waals surface area contributed by atoms with Crippen LogP contribution in [0.1, 0.15) is 5.56 Å². The number of hydrazone groups is 1. The van der Waals surface area contributed by atoms with Gasteiger partial charge in [0.1, 0.15) is 17.3 Å². The molecule has 0 aliphatic heterocycles. The number of aromatic nitrogens is 1. The molecule has 1 heterocycles. The van der Waals surface area contributed by atoms with Gasteiger partial charge in [0.2, 0.25) is 5.13 Å². The molecular formula is C12H11F3N4O2S. The van der Waals surface area contributed by atoms with Gasteiger partial charge in [0.25, 0.3) is 0 Å². The number of anilines is 2. The number of alkyl halides is 3. The third-order valence-corrected chi connectivity index (χ3v) is 3.09. The van der Waals surface area contributed by atoms with Crippen LogP contribution in [0.4, 0.5) is 24.1 Å². The number of methoxy groups -OCH3 is 1. The fraction of sp³-hybridized carbons (Fsp3) is 0.167. The number of benzene rings is 1. The summed E-state index contributed by atoms with van der Waals surface area (Å²) in [6, 6.07) is 3.66. The first-order valence-corrected chi connectivity index (χ1v) is 6.69. The third kappa shape index (κ3) is 4.52. The second-order valence-corrected chi connectivity index (χ2v) is 4.76. The molecule has 0 radical (unpaired) electrons. The van der Waals surface area contributed by atoms with Gasteiger partial charge in [-0.3, -0.25) is 5.43 Å². The number of hydrogen-bond acceptors (Lipinski definition) is 7. The summed E-state index contributed by atoms with van der Waals surface area (Å²) >= 11 is 1.24. The molecule has 0 fully saturated rings. The summed E-state index contributed by atoms with van der Waals surface area (Å²) in [5.74, 6) is 0.327. The molecule has 0 atom stereocenters. The summed E-state index contributed by atoms with van der Waals surface area (Å²) in [7, 11) is 1.39. The van der Waals surface area contributed by atoms with E-state index in [-0.39, 0.29) is 5.75 Å². The lowest BCUT2D eigenvalue weighted by atomic mass is 10.2. The van der Waals surface area contributed by atoms with Crippen molar-refractivity contribution in [1.82, 2.24) is 4.98 Å². The highest BCUT2D eigenvalue weighted by atomic mass is 32.1. The van der Waals surface area contributed by atoms with Gasteiger partial charge in [-0.05, 0) is 18.2 Å². The minimum Gasteiger partial charge on any atom is -0.496 e. The SMILES string of the molecule is COc1ccc(OC(F)(F)F)cc1C=NNc1nc(N)cs1. The molecule has 0 aliphatic carbocycles. The van der Waals surface area contributed by atoms with Crippen molar-refractivity contribution in [3.8, 4) is 11.5 Å². The number of halogens is 3. The molecule has 3 N–H and O–H groups in total. The normalized spacial score (nSPS) is 11.6. The van der Waals surface area contributed by atoms with Crippen LogP contribution in [0.2, 0.25) is 0 Å². The smallest absolute Gasteiger partial charge is 0.496 e. The van der Waals surface area contributed by atoms with Crippen molar-refractivity contribution >= 4 is 28.5 Å². The molecule has 0 aliphatic rings. The Morgan fingerprint density at radius 2 is 2.18 bits per heavy atom. The van der Waals surface area contributed by atoms with Gasteiger partial charge < -0.3 is 15.2 Å². The third-order valence-electron chi connectivity index (χ3n) is 2.32. The van der Waals surface area contributed by atoms with Gasteiger partial charge in [0.15, 0.2) is 0 Å². The topological polar surface area (TPSA) is 81.8 Å². The Labute approximate surface area is 127 Å². The maximum absolute atomic E-state index is 12.2. The monoisotopic (exact) mass is 332 g/mol. The first kappa shape index (κ1) is 15.9. The summed E-state index contributed by atoms with van der Waals surface area (Å²) in [4.78, 5) is 3.92. The largest absolute Gasteiger partial charge is 0.573 e. The second kappa shape index (κ2) is 6.52. The van der Waals surface area contributed by atoms with Gasteiger partial charge in [0.05, 0.1) is 13.3 Å². The minimum atomic E-state index is -4.76. The lowest BCUT2D eigenvalue weighted by Gasteiger charge is -2.11. The number of hydrogen-bond donors (Lipinski definition) is 2. The molecule has 0 saturated heterocycles. The van der Waals surface area contributed by atoms with Crippen LogP contribution in [-0.4, -0.2) is 24.7 Å². The number of nitrogens with zero attached hydrogens (tertiary/aromatic N) is 2. The van der Waals surface area contributed by atoms with E-state index < -0.39 is 6.36 Å². The molecule has 0 unspecified atom stereocenters. The average Bonchev–Trinajstić information content (AvgIpc) is 2.83. The van der Waals surface area contributed by atoms with Crippen LogP contribution in [0.15, 0.2) is 28.7 Å². The van der Waals surface area contributed by atoms with Gasteiger partial charge >= 0.3 is 6.36 Å². The molecule has 0 amide bonds. The standard InChI is InChI=1S/C12H11F3N4O2S/c1-20-9-3-2-8(21-12(13,14)15)4-7(9)5-17-19-11-18-10(16)6-22-11/h2-6H,16H2,1H3,(H,18,19). The van der Waals surface area contributed by atoms with E-state index in [1.54, 1.807) is 5.38 Å². The van der Waals surface area contributed by atoms with E-state index in [0.29, 0.717) is 22.3 Å². The molecule has 118 valence electrons. The summed E-state index contributed by atoms with van der Waals surface area (Å²) < 4.78 is 45.5. The number of nitrogens with one attached hydrogen (secondary N) is 1. The Bertz CT molecular complexity index is 673. The van der Waals surface area contributed by atoms with Crippen LogP contribution >= 0.6 is 11.3 Å². The first-order valence-electron chi connectivity index (χ1n) is 5.81. The van der Waals surface area contributed by atoms with Crippen LogP contribution in [0.5, 0.6) is 11.5 Å². The highest BCUT2D eigenvalue weighted by Gasteiger charge is 2.31. The fourth-order valence-corrected chi connectivity index (χ4v) is 2.05. The van der Waals surface area contributed by atoms with Gasteiger partial charge in [0, 0.05) is 10.9 Å². The molecule has 6 nitrogen and oxygen atoms in total. The van der Waals surface area contributed by atoms with E-state index in [9.17, 15) is 13.2 Å². The van der Waals surface area contributed by atoms with Crippen LogP contribution in [0.25, 0.3) is 0 Å². The molecule has 1 aromatic heterocycles. The van der Waals surface area contributed by atoms with Crippen LogP contribution in [0.3, 0.4) is 0 Å². The molecule has 0 saturated carbocycles. The van der Waals surface area contributed by atoms with E-state index in [0.717, 1.165) is 12.1 Å². The predicted octanol–water partition coefficient (Wildman–Crippen LogP) is 3.08. The predicted molar refractivity (Wildman–Crippen MR) is 77.4 cm³/mol. The summed E-state index contributed by atoms with van der Waals surface area (Å²) in [6.45, 7) is 0. The van der Waals surface area contributed by atoms with Gasteiger partial charge in [-0.15, -0.1) is 24.5 Å². The van der Waals surface area contributed by atoms with Gasteiger partial charge in [-0.25, -0.2) is 4.98 Å². The highest BCUT2D eigenvalue weighted by Crippen LogP contribution is 2.27. The molecule has 0 spiro atoms. The maximum Gasteiger partial charge on any atom is 0.573 e. The first-order chi connectivity index (χ1) is 10.4. The number of thiazole rings is 1. The quantitative estimate of drug-likeness (QED) is 0.649. The lowest BCUT2D eigenvalue weighted by molar-refractivity contribution is -0.274. The Kier molecular flexibility index (Phi) is 4.71. The zero-order chi connectivity index (χ0) is 16.2. The maximum atomic E-state index is 12.2. The molecule has 1 aromatic carbocycles. The van der Waals surface area contributed by atoms with Crippen molar-refractivity contribution < 1.29 is 22.6 Å². The molecule has 22 heavy (non-hydrogen) atoms. The van der Waals surface area contributed by atoms with Crippen molar-refractivity contribution in [3.05, 3.63) is 29.1 Å². The Morgan fingerprint density at radius 1 is 1.41 bits per heavy atom. The fourth-order valence-electron chi connectivity index (χ4n) is 1.50. The Morgan fingerprint density at radius 3 is 2.77 bits per heavy atom. The van der Waals surface area contributed by atoms with Crippen LogP contribution in [0, 0.1) is 0 Å². The zero-order valence-corrected chi connectivity index (χ0v) is 12.0. The van der Waals surface area contributed by atoms with Crippen molar-refractivity contribution in [2.45, 2.75) is 6.36 Å². The Hall–Kier alpha value is -2.49. The van der Waals surface area contributed by atoms with Gasteiger partial charge in [-0.1, -0.05) is 0 Å². The van der Waals surface area contributed by atoms with Crippen molar-refractivity contribution in [2.75, 3.05) is 18.3 Å². The summed E-state index contributed by atoms with van der Waals surface area (Å²) in [5, 5.41) is 5.95. The lowest BCUT2D eigenvalue weighted by Crippen LogP contribution is -2.17. The molecule has 2 aromatic rings. The van der Waals surface area contributed by atoms with Crippen molar-refractivity contribution in [3.63, 3.8) is 0 Å². The number of nitrogen functional groups attached to an aromatic ring is 1. The summed E-state index contributed by atoms with van der Waals surface area (Å²) in [6.07, 6.45) is -3.47. The van der Waals surface area contributed by atoms with E-state index in [2.05, 4.69) is 20.2 Å². The molecule has 0 bridgehead atoms. The Balaban J connectivity index is 2.15. The van der Waals surface area contributed by atoms with Crippen molar-refractivity contribution in [2.24, 2.45) is 5.10 Å². The minimum absolute atomic E-state index is 0.307. The number of nitrogens with two attached hydrogens (primary N) is 1. The van der Waals surface area contributed by atoms with Crippen LogP contribution in [-0.2, 0) is 0 Å².